The second-order valence-corrected chi connectivity index (χ2v) is 11.3. The number of carbonyl (C=O) groups is 1. The number of hydrogen-bond donors (Lipinski definition) is 3. The largest absolute Gasteiger partial charge is 0.494 e. The number of hydrazine groups is 1. The number of aliphatic imine (C=N–C) groups is 1. The van der Waals surface area contributed by atoms with Crippen LogP contribution in [-0.4, -0.2) is 63.0 Å². The molecule has 0 fully saturated rings. The molecule has 1 heterocycles. The maximum Gasteiger partial charge on any atom is 0.265 e. The number of rotatable bonds is 14. The number of carbonyl (C=O) groups excluding carboxylic acids is 1. The Morgan fingerprint density at radius 1 is 1.00 bits per heavy atom. The van der Waals surface area contributed by atoms with Gasteiger partial charge in [0.15, 0.2) is 15.4 Å². The highest BCUT2D eigenvalue weighted by atomic mass is 32.2. The van der Waals surface area contributed by atoms with Crippen molar-refractivity contribution in [1.82, 2.24) is 10.9 Å². The monoisotopic (exact) mass is 551 g/mol. The Morgan fingerprint density at radius 2 is 1.69 bits per heavy atom. The van der Waals surface area contributed by atoms with Crippen molar-refractivity contribution in [1.29, 1.82) is 0 Å². The van der Waals surface area contributed by atoms with E-state index < -0.39 is 21.3 Å². The fraction of sp³-hybridized carbons (Fsp3) is 0.310. The fourth-order valence-corrected chi connectivity index (χ4v) is 5.47. The molecule has 39 heavy (non-hydrogen) atoms. The highest BCUT2D eigenvalue weighted by Gasteiger charge is 2.45. The van der Waals surface area contributed by atoms with E-state index in [1.54, 1.807) is 42.5 Å². The Kier molecular flexibility index (Phi) is 9.69. The van der Waals surface area contributed by atoms with E-state index in [1.807, 2.05) is 30.3 Å². The summed E-state index contributed by atoms with van der Waals surface area (Å²) in [6.45, 7) is 0.842. The summed E-state index contributed by atoms with van der Waals surface area (Å²) in [4.78, 5) is 18.2. The van der Waals surface area contributed by atoms with Crippen LogP contribution >= 0.6 is 0 Å². The van der Waals surface area contributed by atoms with Gasteiger partial charge in [0.05, 0.1) is 17.3 Å². The van der Waals surface area contributed by atoms with Crippen molar-refractivity contribution in [3.8, 4) is 5.75 Å². The van der Waals surface area contributed by atoms with Crippen LogP contribution in [0.15, 0.2) is 94.8 Å². The minimum absolute atomic E-state index is 0.0496. The molecule has 1 aliphatic heterocycles. The molecule has 9 nitrogen and oxygen atoms in total. The molecule has 3 aromatic carbocycles. The molecule has 0 unspecified atom stereocenters. The molecule has 10 heteroatoms. The maximum absolute atomic E-state index is 13.4. The Labute approximate surface area is 228 Å². The lowest BCUT2D eigenvalue weighted by atomic mass is 9.98. The van der Waals surface area contributed by atoms with E-state index in [1.165, 1.54) is 12.1 Å². The van der Waals surface area contributed by atoms with Gasteiger partial charge in [0.25, 0.3) is 5.91 Å². The lowest BCUT2D eigenvalue weighted by Gasteiger charge is -2.23. The number of aliphatic hydroxyl groups excluding tert-OH is 1. The maximum atomic E-state index is 13.4. The van der Waals surface area contributed by atoms with Crippen molar-refractivity contribution < 1.29 is 27.8 Å². The van der Waals surface area contributed by atoms with Gasteiger partial charge in [0.2, 0.25) is 5.90 Å². The van der Waals surface area contributed by atoms with E-state index >= 15 is 0 Å². The number of benzene rings is 3. The molecule has 1 atom stereocenters. The molecule has 206 valence electrons. The first kappa shape index (κ1) is 28.3. The van der Waals surface area contributed by atoms with Crippen molar-refractivity contribution >= 4 is 21.6 Å². The van der Waals surface area contributed by atoms with Crippen LogP contribution in [0.2, 0.25) is 0 Å². The number of amides is 1. The van der Waals surface area contributed by atoms with Gasteiger partial charge in [-0.05, 0) is 54.8 Å². The summed E-state index contributed by atoms with van der Waals surface area (Å²) in [7, 11) is -3.64. The number of ether oxygens (including phenoxy) is 2. The summed E-state index contributed by atoms with van der Waals surface area (Å²) in [5.74, 6) is 0.157. The summed E-state index contributed by atoms with van der Waals surface area (Å²) in [6.07, 6.45) is 1.18. The average Bonchev–Trinajstić information content (AvgIpc) is 3.42. The molecule has 0 spiro atoms. The van der Waals surface area contributed by atoms with E-state index in [2.05, 4.69) is 15.8 Å². The van der Waals surface area contributed by atoms with Crippen molar-refractivity contribution in [2.24, 2.45) is 4.99 Å². The van der Waals surface area contributed by atoms with Crippen molar-refractivity contribution in [3.63, 3.8) is 0 Å². The summed E-state index contributed by atoms with van der Waals surface area (Å²) in [5.41, 5.74) is 5.99. The zero-order chi connectivity index (χ0) is 27.6. The molecule has 0 bridgehead atoms. The number of nitrogens with zero attached hydrogens (tertiary/aromatic N) is 1. The number of aliphatic hydroxyl groups is 1. The summed E-state index contributed by atoms with van der Waals surface area (Å²) >= 11 is 0. The van der Waals surface area contributed by atoms with Crippen LogP contribution in [0.1, 0.15) is 24.0 Å². The van der Waals surface area contributed by atoms with E-state index in [9.17, 15) is 13.2 Å². The zero-order valence-corrected chi connectivity index (χ0v) is 22.4. The third-order valence-corrected chi connectivity index (χ3v) is 8.06. The molecule has 0 saturated carbocycles. The molecule has 4 rings (SSSR count). The molecule has 0 radical (unpaired) electrons. The Hall–Kier alpha value is -3.73. The van der Waals surface area contributed by atoms with Crippen LogP contribution in [0.4, 0.5) is 0 Å². The highest BCUT2D eigenvalue weighted by molar-refractivity contribution is 7.91. The molecule has 3 N–H and O–H groups in total. The number of nitrogens with one attached hydrogen (secondary N) is 2. The molecule has 0 saturated heterocycles. The first-order valence-corrected chi connectivity index (χ1v) is 14.5. The van der Waals surface area contributed by atoms with Gasteiger partial charge in [-0.1, -0.05) is 48.5 Å². The smallest absolute Gasteiger partial charge is 0.265 e. The summed E-state index contributed by atoms with van der Waals surface area (Å²) in [6, 6.07) is 25.1. The highest BCUT2D eigenvalue weighted by Crippen LogP contribution is 2.28. The normalized spacial score (nSPS) is 16.8. The van der Waals surface area contributed by atoms with Gasteiger partial charge in [0.1, 0.15) is 12.4 Å². The molecular weight excluding hydrogens is 518 g/mol. The molecular formula is C29H33N3O6S. The molecule has 0 aromatic heterocycles. The lowest BCUT2D eigenvalue weighted by Crippen LogP contribution is -2.52. The van der Waals surface area contributed by atoms with Gasteiger partial charge < -0.3 is 14.6 Å². The van der Waals surface area contributed by atoms with Crippen LogP contribution in [-0.2, 0) is 25.8 Å². The Bertz CT molecular complexity index is 1350. The Balaban J connectivity index is 1.48. The standard InChI is InChI=1S/C29H33N3O6S/c33-19-7-20-37-25-14-12-24(13-15-25)27-31-29(22-38-27,17-21-39(35,36)26-10-5-2-6-11-26)28(34)32-30-18-16-23-8-3-1-4-9-23/h1-6,8-15,30,33H,7,16-22H2,(H,32,34)/t29-/m0/s1. The summed E-state index contributed by atoms with van der Waals surface area (Å²) in [5, 5.41) is 8.92. The van der Waals surface area contributed by atoms with Gasteiger partial charge in [-0.3, -0.25) is 10.2 Å². The number of sulfone groups is 1. The van der Waals surface area contributed by atoms with E-state index in [0.29, 0.717) is 37.3 Å². The second kappa shape index (κ2) is 13.4. The van der Waals surface area contributed by atoms with Crippen LogP contribution in [0.25, 0.3) is 0 Å². The van der Waals surface area contributed by atoms with Crippen LogP contribution in [0, 0.1) is 0 Å². The van der Waals surface area contributed by atoms with E-state index in [-0.39, 0.29) is 36.2 Å². The van der Waals surface area contributed by atoms with Gasteiger partial charge in [0, 0.05) is 25.1 Å². The van der Waals surface area contributed by atoms with Gasteiger partial charge in [-0.15, -0.1) is 0 Å². The lowest BCUT2D eigenvalue weighted by molar-refractivity contribution is -0.127. The predicted molar refractivity (Wildman–Crippen MR) is 148 cm³/mol. The second-order valence-electron chi connectivity index (χ2n) is 9.19. The zero-order valence-electron chi connectivity index (χ0n) is 21.6. The SMILES string of the molecule is O=C(NNCCc1ccccc1)[C@]1(CCS(=O)(=O)c2ccccc2)COC(c2ccc(OCCCO)cc2)=N1. The van der Waals surface area contributed by atoms with Crippen molar-refractivity contribution in [3.05, 3.63) is 96.1 Å². The van der Waals surface area contributed by atoms with E-state index in [0.717, 1.165) is 5.56 Å². The first-order valence-electron chi connectivity index (χ1n) is 12.8. The number of hydrogen-bond acceptors (Lipinski definition) is 8. The van der Waals surface area contributed by atoms with Crippen LogP contribution in [0.3, 0.4) is 0 Å². The Morgan fingerprint density at radius 3 is 2.38 bits per heavy atom. The van der Waals surface area contributed by atoms with Crippen LogP contribution < -0.4 is 15.6 Å². The summed E-state index contributed by atoms with van der Waals surface area (Å²) < 4.78 is 37.4. The topological polar surface area (TPSA) is 126 Å². The van der Waals surface area contributed by atoms with Gasteiger partial charge in [-0.2, -0.15) is 0 Å². The minimum Gasteiger partial charge on any atom is -0.494 e. The molecule has 1 amide bonds. The quantitative estimate of drug-likeness (QED) is 0.208. The van der Waals surface area contributed by atoms with Gasteiger partial charge in [-0.25, -0.2) is 18.8 Å². The van der Waals surface area contributed by atoms with Crippen LogP contribution in [0.5, 0.6) is 5.75 Å². The predicted octanol–water partition coefficient (Wildman–Crippen LogP) is 2.69. The van der Waals surface area contributed by atoms with Gasteiger partial charge >= 0.3 is 0 Å². The molecule has 1 aliphatic rings. The third-order valence-electron chi connectivity index (χ3n) is 6.33. The molecule has 3 aromatic rings. The average molecular weight is 552 g/mol. The van der Waals surface area contributed by atoms with Crippen molar-refractivity contribution in [2.45, 2.75) is 29.7 Å². The fourth-order valence-electron chi connectivity index (χ4n) is 4.06. The minimum atomic E-state index is -3.64. The van der Waals surface area contributed by atoms with E-state index in [4.69, 9.17) is 14.6 Å². The first-order chi connectivity index (χ1) is 18.9. The van der Waals surface area contributed by atoms with Crippen molar-refractivity contribution in [2.75, 3.05) is 32.1 Å². The molecule has 0 aliphatic carbocycles. The third kappa shape index (κ3) is 7.66.